The number of fused-ring (bicyclic) bond motifs is 1. The molecule has 0 bridgehead atoms. The topological polar surface area (TPSA) is 58.6 Å². The van der Waals surface area contributed by atoms with Crippen LogP contribution in [0.3, 0.4) is 0 Å². The zero-order valence-corrected chi connectivity index (χ0v) is 16.2. The SMILES string of the molecule is C=CCNC(=O)CN(Cc1cccc2ccccc12)C(=O)OCc1ccccc1. The van der Waals surface area contributed by atoms with E-state index in [1.54, 1.807) is 6.08 Å². The number of amides is 2. The lowest BCUT2D eigenvalue weighted by atomic mass is 10.0. The second-order valence-corrected chi connectivity index (χ2v) is 6.63. The highest BCUT2D eigenvalue weighted by Crippen LogP contribution is 2.20. The number of rotatable bonds is 8. The molecular weight excluding hydrogens is 364 g/mol. The van der Waals surface area contributed by atoms with E-state index in [0.29, 0.717) is 6.54 Å². The fraction of sp³-hybridized carbons (Fsp3) is 0.167. The van der Waals surface area contributed by atoms with Gasteiger partial charge < -0.3 is 10.1 Å². The first-order chi connectivity index (χ1) is 14.2. The molecule has 5 nitrogen and oxygen atoms in total. The fourth-order valence-electron chi connectivity index (χ4n) is 3.05. The Bertz CT molecular complexity index is 980. The van der Waals surface area contributed by atoms with Gasteiger partial charge in [0.2, 0.25) is 5.91 Å². The van der Waals surface area contributed by atoms with Crippen LogP contribution in [0, 0.1) is 0 Å². The van der Waals surface area contributed by atoms with Gasteiger partial charge in [-0.3, -0.25) is 9.69 Å². The van der Waals surface area contributed by atoms with Crippen LogP contribution in [0.15, 0.2) is 85.5 Å². The third-order valence-corrected chi connectivity index (χ3v) is 4.48. The molecule has 0 aliphatic heterocycles. The monoisotopic (exact) mass is 388 g/mol. The zero-order valence-electron chi connectivity index (χ0n) is 16.2. The van der Waals surface area contributed by atoms with Crippen LogP contribution < -0.4 is 5.32 Å². The van der Waals surface area contributed by atoms with Crippen molar-refractivity contribution in [3.05, 3.63) is 96.6 Å². The van der Waals surface area contributed by atoms with Crippen LogP contribution in [0.5, 0.6) is 0 Å². The Labute approximate surface area is 170 Å². The van der Waals surface area contributed by atoms with E-state index in [1.165, 1.54) is 4.90 Å². The first-order valence-electron chi connectivity index (χ1n) is 9.47. The largest absolute Gasteiger partial charge is 0.445 e. The van der Waals surface area contributed by atoms with Crippen LogP contribution >= 0.6 is 0 Å². The van der Waals surface area contributed by atoms with Crippen LogP contribution in [0.1, 0.15) is 11.1 Å². The van der Waals surface area contributed by atoms with E-state index in [2.05, 4.69) is 11.9 Å². The van der Waals surface area contributed by atoms with Crippen molar-refractivity contribution in [3.8, 4) is 0 Å². The summed E-state index contributed by atoms with van der Waals surface area (Å²) in [4.78, 5) is 26.4. The minimum atomic E-state index is -0.532. The predicted octanol–water partition coefficient (Wildman–Crippen LogP) is 4.28. The summed E-state index contributed by atoms with van der Waals surface area (Å²) in [5.74, 6) is -0.262. The molecule has 5 heteroatoms. The van der Waals surface area contributed by atoms with Crippen molar-refractivity contribution in [2.75, 3.05) is 13.1 Å². The molecule has 29 heavy (non-hydrogen) atoms. The molecule has 2 amide bonds. The van der Waals surface area contributed by atoms with Crippen molar-refractivity contribution in [3.63, 3.8) is 0 Å². The molecule has 0 aromatic heterocycles. The van der Waals surface area contributed by atoms with Crippen molar-refractivity contribution in [2.45, 2.75) is 13.2 Å². The second kappa shape index (κ2) is 10.1. The number of hydrogen-bond donors (Lipinski definition) is 1. The van der Waals surface area contributed by atoms with E-state index in [-0.39, 0.29) is 25.6 Å². The molecule has 3 aromatic rings. The van der Waals surface area contributed by atoms with Gasteiger partial charge in [-0.2, -0.15) is 0 Å². The lowest BCUT2D eigenvalue weighted by Gasteiger charge is -2.22. The Morgan fingerprint density at radius 2 is 1.69 bits per heavy atom. The van der Waals surface area contributed by atoms with Crippen LogP contribution in [-0.4, -0.2) is 30.0 Å². The molecule has 0 spiro atoms. The van der Waals surface area contributed by atoms with Crippen LogP contribution in [-0.2, 0) is 22.7 Å². The highest BCUT2D eigenvalue weighted by atomic mass is 16.6. The molecule has 0 aliphatic carbocycles. The number of ether oxygens (including phenoxy) is 1. The van der Waals surface area contributed by atoms with Crippen LogP contribution in [0.25, 0.3) is 10.8 Å². The lowest BCUT2D eigenvalue weighted by Crippen LogP contribution is -2.40. The standard InChI is InChI=1S/C24H24N2O3/c1-2-15-25-23(27)17-26(24(28)29-18-19-9-4-3-5-10-19)16-21-13-8-12-20-11-6-7-14-22(20)21/h2-14H,1,15-18H2,(H,25,27). The number of hydrogen-bond acceptors (Lipinski definition) is 3. The fourth-order valence-corrected chi connectivity index (χ4v) is 3.05. The van der Waals surface area contributed by atoms with Crippen molar-refractivity contribution >= 4 is 22.8 Å². The van der Waals surface area contributed by atoms with Gasteiger partial charge in [0.1, 0.15) is 13.2 Å². The summed E-state index contributed by atoms with van der Waals surface area (Å²) in [7, 11) is 0. The third-order valence-electron chi connectivity index (χ3n) is 4.48. The summed E-state index contributed by atoms with van der Waals surface area (Å²) in [5, 5.41) is 4.83. The van der Waals surface area contributed by atoms with E-state index in [0.717, 1.165) is 21.9 Å². The Morgan fingerprint density at radius 1 is 0.966 bits per heavy atom. The quantitative estimate of drug-likeness (QED) is 0.586. The van der Waals surface area contributed by atoms with E-state index in [1.807, 2.05) is 72.8 Å². The van der Waals surface area contributed by atoms with Crippen molar-refractivity contribution < 1.29 is 14.3 Å². The Balaban J connectivity index is 1.77. The molecule has 0 saturated carbocycles. The number of carbonyl (C=O) groups is 2. The van der Waals surface area contributed by atoms with E-state index >= 15 is 0 Å². The molecule has 0 fully saturated rings. The number of nitrogens with zero attached hydrogens (tertiary/aromatic N) is 1. The number of nitrogens with one attached hydrogen (secondary N) is 1. The first kappa shape index (κ1) is 20.1. The van der Waals surface area contributed by atoms with Crippen LogP contribution in [0.4, 0.5) is 4.79 Å². The second-order valence-electron chi connectivity index (χ2n) is 6.63. The molecule has 0 saturated heterocycles. The summed E-state index contributed by atoms with van der Waals surface area (Å²) in [6.45, 7) is 4.27. The van der Waals surface area contributed by atoms with E-state index in [9.17, 15) is 9.59 Å². The maximum absolute atomic E-state index is 12.8. The van der Waals surface area contributed by atoms with Gasteiger partial charge in [-0.1, -0.05) is 78.9 Å². The van der Waals surface area contributed by atoms with Gasteiger partial charge in [0.25, 0.3) is 0 Å². The molecule has 3 aromatic carbocycles. The maximum atomic E-state index is 12.8. The van der Waals surface area contributed by atoms with Gasteiger partial charge in [0.05, 0.1) is 6.54 Å². The zero-order chi connectivity index (χ0) is 20.5. The first-order valence-corrected chi connectivity index (χ1v) is 9.47. The predicted molar refractivity (Wildman–Crippen MR) is 114 cm³/mol. The van der Waals surface area contributed by atoms with E-state index in [4.69, 9.17) is 4.74 Å². The van der Waals surface area contributed by atoms with Crippen molar-refractivity contribution in [1.29, 1.82) is 0 Å². The van der Waals surface area contributed by atoms with Crippen molar-refractivity contribution in [2.24, 2.45) is 0 Å². The minimum absolute atomic E-state index is 0.0926. The van der Waals surface area contributed by atoms with Gasteiger partial charge in [0.15, 0.2) is 0 Å². The molecule has 0 radical (unpaired) electrons. The smallest absolute Gasteiger partial charge is 0.410 e. The third kappa shape index (κ3) is 5.69. The molecule has 0 unspecified atom stereocenters. The Morgan fingerprint density at radius 3 is 2.48 bits per heavy atom. The van der Waals surface area contributed by atoms with Crippen molar-refractivity contribution in [1.82, 2.24) is 10.2 Å². The Kier molecular flexibility index (Phi) is 7.00. The molecule has 0 atom stereocenters. The molecule has 148 valence electrons. The Hall–Kier alpha value is -3.60. The van der Waals surface area contributed by atoms with Crippen LogP contribution in [0.2, 0.25) is 0 Å². The number of benzene rings is 3. The summed E-state index contributed by atoms with van der Waals surface area (Å²) in [6.07, 6.45) is 1.07. The van der Waals surface area contributed by atoms with Gasteiger partial charge in [-0.25, -0.2) is 4.79 Å². The summed E-state index contributed by atoms with van der Waals surface area (Å²) >= 11 is 0. The van der Waals surface area contributed by atoms with Gasteiger partial charge in [0, 0.05) is 6.54 Å². The number of carbonyl (C=O) groups excluding carboxylic acids is 2. The molecule has 0 aliphatic rings. The molecular formula is C24H24N2O3. The lowest BCUT2D eigenvalue weighted by molar-refractivity contribution is -0.121. The highest BCUT2D eigenvalue weighted by Gasteiger charge is 2.20. The van der Waals surface area contributed by atoms with E-state index < -0.39 is 6.09 Å². The average molecular weight is 388 g/mol. The normalized spacial score (nSPS) is 10.3. The molecule has 3 rings (SSSR count). The summed E-state index contributed by atoms with van der Waals surface area (Å²) in [5.41, 5.74) is 1.85. The van der Waals surface area contributed by atoms with Gasteiger partial charge in [-0.15, -0.1) is 6.58 Å². The molecule has 1 N–H and O–H groups in total. The maximum Gasteiger partial charge on any atom is 0.410 e. The molecule has 0 heterocycles. The summed E-state index contributed by atoms with van der Waals surface area (Å²) in [6, 6.07) is 23.4. The average Bonchev–Trinajstić information content (AvgIpc) is 2.76. The highest BCUT2D eigenvalue weighted by molar-refractivity contribution is 5.86. The van der Waals surface area contributed by atoms with Gasteiger partial charge in [-0.05, 0) is 21.9 Å². The summed E-state index contributed by atoms with van der Waals surface area (Å²) < 4.78 is 5.47. The minimum Gasteiger partial charge on any atom is -0.445 e. The van der Waals surface area contributed by atoms with Gasteiger partial charge >= 0.3 is 6.09 Å².